The number of imidazole rings is 1. The smallest absolute Gasteiger partial charge is 0.211 e. The van der Waals surface area contributed by atoms with E-state index >= 15 is 0 Å². The van der Waals surface area contributed by atoms with E-state index in [1.165, 1.54) is 4.88 Å². The van der Waals surface area contributed by atoms with Crippen molar-refractivity contribution in [3.05, 3.63) is 32.8 Å². The van der Waals surface area contributed by atoms with Gasteiger partial charge in [0.15, 0.2) is 5.16 Å². The number of hydrogen-bond acceptors (Lipinski definition) is 4. The van der Waals surface area contributed by atoms with E-state index in [2.05, 4.69) is 25.0 Å². The molecule has 0 bridgehead atoms. The van der Waals surface area contributed by atoms with Crippen molar-refractivity contribution < 1.29 is 0 Å². The molecular formula is C18H24N2OS2. The summed E-state index contributed by atoms with van der Waals surface area (Å²) >= 11 is 3.53. The molecule has 2 heterocycles. The maximum atomic E-state index is 12.8. The molecule has 0 unspecified atom stereocenters. The predicted molar refractivity (Wildman–Crippen MR) is 101 cm³/mol. The number of fused-ring (bicyclic) bond motifs is 2. The first-order valence-electron chi connectivity index (χ1n) is 8.29. The van der Waals surface area contributed by atoms with Gasteiger partial charge in [-0.05, 0) is 38.5 Å². The molecule has 0 aromatic carbocycles. The van der Waals surface area contributed by atoms with Crippen molar-refractivity contribution in [2.24, 2.45) is 5.92 Å². The summed E-state index contributed by atoms with van der Waals surface area (Å²) in [6.45, 7) is 11.3. The minimum absolute atomic E-state index is 0.164. The number of rotatable bonds is 6. The number of thioether (sulfide) groups is 1. The second-order valence-electron chi connectivity index (χ2n) is 6.81. The molecule has 23 heavy (non-hydrogen) atoms. The van der Waals surface area contributed by atoms with Gasteiger partial charge >= 0.3 is 0 Å². The van der Waals surface area contributed by atoms with Crippen LogP contribution in [0.25, 0.3) is 10.3 Å². The van der Waals surface area contributed by atoms with E-state index in [9.17, 15) is 4.79 Å². The highest BCUT2D eigenvalue weighted by molar-refractivity contribution is 7.99. The van der Waals surface area contributed by atoms with Crippen molar-refractivity contribution in [3.8, 4) is 0 Å². The third-order valence-electron chi connectivity index (χ3n) is 4.12. The standard InChI is InChI=1S/C18H24N2OS2/c1-11(2)8-9-22-18-19-15-16(21)13-6-5-7-14(13)23-17(15)20(18)10-12(3)4/h11H,3,5-10H2,1-2,4H3. The van der Waals surface area contributed by atoms with Crippen molar-refractivity contribution >= 4 is 33.4 Å². The van der Waals surface area contributed by atoms with E-state index in [4.69, 9.17) is 4.98 Å². The van der Waals surface area contributed by atoms with Crippen LogP contribution in [0.1, 0.15) is 44.1 Å². The van der Waals surface area contributed by atoms with E-state index in [1.54, 1.807) is 23.1 Å². The molecule has 0 aliphatic heterocycles. The Kier molecular flexibility index (Phi) is 4.97. The van der Waals surface area contributed by atoms with Gasteiger partial charge < -0.3 is 4.57 Å². The quantitative estimate of drug-likeness (QED) is 0.562. The van der Waals surface area contributed by atoms with Crippen molar-refractivity contribution in [2.75, 3.05) is 5.75 Å². The van der Waals surface area contributed by atoms with E-state index in [0.29, 0.717) is 11.4 Å². The Labute approximate surface area is 145 Å². The van der Waals surface area contributed by atoms with Gasteiger partial charge in [0.25, 0.3) is 0 Å². The maximum Gasteiger partial charge on any atom is 0.211 e. The van der Waals surface area contributed by atoms with Gasteiger partial charge in [-0.15, -0.1) is 11.3 Å². The zero-order valence-electron chi connectivity index (χ0n) is 14.1. The molecule has 124 valence electrons. The van der Waals surface area contributed by atoms with Crippen LogP contribution in [-0.4, -0.2) is 15.3 Å². The van der Waals surface area contributed by atoms with Gasteiger partial charge in [-0.3, -0.25) is 4.79 Å². The summed E-state index contributed by atoms with van der Waals surface area (Å²) in [5.74, 6) is 1.72. The van der Waals surface area contributed by atoms with Gasteiger partial charge in [0.2, 0.25) is 5.43 Å². The lowest BCUT2D eigenvalue weighted by molar-refractivity contribution is 0.630. The molecule has 0 radical (unpaired) electrons. The minimum atomic E-state index is 0.164. The highest BCUT2D eigenvalue weighted by atomic mass is 32.2. The Morgan fingerprint density at radius 2 is 2.22 bits per heavy atom. The summed E-state index contributed by atoms with van der Waals surface area (Å²) in [4.78, 5) is 19.8. The Bertz CT molecular complexity index is 801. The summed E-state index contributed by atoms with van der Waals surface area (Å²) in [6, 6.07) is 0. The Hall–Kier alpha value is -1.07. The summed E-state index contributed by atoms with van der Waals surface area (Å²) < 4.78 is 2.20. The molecule has 5 heteroatoms. The van der Waals surface area contributed by atoms with Gasteiger partial charge in [-0.2, -0.15) is 0 Å². The van der Waals surface area contributed by atoms with E-state index in [-0.39, 0.29) is 5.43 Å². The van der Waals surface area contributed by atoms with Crippen molar-refractivity contribution in [3.63, 3.8) is 0 Å². The summed E-state index contributed by atoms with van der Waals surface area (Å²) in [6.07, 6.45) is 4.22. The van der Waals surface area contributed by atoms with Gasteiger partial charge in [0.1, 0.15) is 10.3 Å². The van der Waals surface area contributed by atoms with Crippen LogP contribution in [0.4, 0.5) is 0 Å². The number of allylic oxidation sites excluding steroid dienone is 1. The van der Waals surface area contributed by atoms with Crippen LogP contribution in [0.3, 0.4) is 0 Å². The first-order chi connectivity index (χ1) is 11.0. The number of aryl methyl sites for hydroxylation is 1. The van der Waals surface area contributed by atoms with Crippen LogP contribution < -0.4 is 5.43 Å². The number of nitrogens with zero attached hydrogens (tertiary/aromatic N) is 2. The largest absolute Gasteiger partial charge is 0.306 e. The zero-order chi connectivity index (χ0) is 16.6. The number of hydrogen-bond donors (Lipinski definition) is 0. The fourth-order valence-electron chi connectivity index (χ4n) is 2.90. The second kappa shape index (κ2) is 6.81. The Balaban J connectivity index is 2.06. The fraction of sp³-hybridized carbons (Fsp3) is 0.556. The molecule has 0 spiro atoms. The van der Waals surface area contributed by atoms with Crippen LogP contribution >= 0.6 is 23.1 Å². The van der Waals surface area contributed by atoms with Crippen LogP contribution in [0.2, 0.25) is 0 Å². The third kappa shape index (κ3) is 3.41. The minimum Gasteiger partial charge on any atom is -0.306 e. The van der Waals surface area contributed by atoms with Gasteiger partial charge in [0.05, 0.1) is 0 Å². The number of aromatic nitrogens is 2. The molecule has 0 N–H and O–H groups in total. The van der Waals surface area contributed by atoms with Crippen LogP contribution in [0, 0.1) is 5.92 Å². The van der Waals surface area contributed by atoms with E-state index in [0.717, 1.165) is 59.1 Å². The summed E-state index contributed by atoms with van der Waals surface area (Å²) in [7, 11) is 0. The molecule has 2 aromatic rings. The highest BCUT2D eigenvalue weighted by Gasteiger charge is 2.22. The Morgan fingerprint density at radius 3 is 2.91 bits per heavy atom. The molecule has 0 saturated carbocycles. The van der Waals surface area contributed by atoms with Crippen molar-refractivity contribution in [1.82, 2.24) is 9.55 Å². The lowest BCUT2D eigenvalue weighted by atomic mass is 10.2. The summed E-state index contributed by atoms with van der Waals surface area (Å²) in [5.41, 5.74) is 2.94. The molecule has 1 aliphatic carbocycles. The molecule has 2 aromatic heterocycles. The maximum absolute atomic E-state index is 12.8. The van der Waals surface area contributed by atoms with E-state index < -0.39 is 0 Å². The summed E-state index contributed by atoms with van der Waals surface area (Å²) in [5, 5.41) is 0.973. The molecule has 0 amide bonds. The van der Waals surface area contributed by atoms with E-state index in [1.807, 2.05) is 6.92 Å². The normalized spacial score (nSPS) is 13.9. The van der Waals surface area contributed by atoms with Gasteiger partial charge in [-0.1, -0.05) is 37.8 Å². The Morgan fingerprint density at radius 1 is 1.43 bits per heavy atom. The monoisotopic (exact) mass is 348 g/mol. The highest BCUT2D eigenvalue weighted by Crippen LogP contribution is 2.32. The molecule has 0 atom stereocenters. The lowest BCUT2D eigenvalue weighted by Crippen LogP contribution is -2.08. The molecular weight excluding hydrogens is 324 g/mol. The van der Waals surface area contributed by atoms with Crippen LogP contribution in [-0.2, 0) is 19.4 Å². The van der Waals surface area contributed by atoms with Gasteiger partial charge in [-0.25, -0.2) is 4.98 Å². The van der Waals surface area contributed by atoms with Crippen LogP contribution in [0.5, 0.6) is 0 Å². The first kappa shape index (κ1) is 16.8. The molecule has 0 saturated heterocycles. The lowest BCUT2D eigenvalue weighted by Gasteiger charge is -2.09. The third-order valence-corrected chi connectivity index (χ3v) is 6.43. The average molecular weight is 349 g/mol. The van der Waals surface area contributed by atoms with Crippen LogP contribution in [0.15, 0.2) is 22.1 Å². The van der Waals surface area contributed by atoms with Gasteiger partial charge in [0, 0.05) is 22.7 Å². The predicted octanol–water partition coefficient (Wildman–Crippen LogP) is 4.66. The zero-order valence-corrected chi connectivity index (χ0v) is 15.8. The molecule has 1 aliphatic rings. The average Bonchev–Trinajstić information content (AvgIpc) is 3.05. The molecule has 3 nitrogen and oxygen atoms in total. The van der Waals surface area contributed by atoms with Crippen molar-refractivity contribution in [2.45, 2.75) is 58.2 Å². The molecule has 3 rings (SSSR count). The first-order valence-corrected chi connectivity index (χ1v) is 10.1. The van der Waals surface area contributed by atoms with Crippen molar-refractivity contribution in [1.29, 1.82) is 0 Å². The topological polar surface area (TPSA) is 34.9 Å². The fourth-order valence-corrected chi connectivity index (χ4v) is 5.49. The SMILES string of the molecule is C=C(C)Cn1c(SCCC(C)C)nc2c(=O)c3c(sc21)CCC3. The molecule has 0 fully saturated rings. The second-order valence-corrected chi connectivity index (χ2v) is 8.95.